The summed E-state index contributed by atoms with van der Waals surface area (Å²) in [5.74, 6) is 12.8. The van der Waals surface area contributed by atoms with E-state index in [9.17, 15) is 0 Å². The molecule has 0 nitrogen and oxygen atoms in total. The summed E-state index contributed by atoms with van der Waals surface area (Å²) in [4.78, 5) is 0. The van der Waals surface area contributed by atoms with Crippen molar-refractivity contribution in [1.82, 2.24) is 0 Å². The van der Waals surface area contributed by atoms with Crippen molar-refractivity contribution in [3.63, 3.8) is 0 Å². The topological polar surface area (TPSA) is 0 Å². The van der Waals surface area contributed by atoms with Crippen molar-refractivity contribution in [2.24, 2.45) is 0 Å². The highest BCUT2D eigenvalue weighted by Crippen LogP contribution is 2.07. The van der Waals surface area contributed by atoms with E-state index in [2.05, 4.69) is 23.7 Å². The van der Waals surface area contributed by atoms with Gasteiger partial charge in [-0.25, -0.2) is 0 Å². The molecule has 0 aliphatic heterocycles. The van der Waals surface area contributed by atoms with Crippen LogP contribution in [0.25, 0.3) is 0 Å². The molecule has 0 amide bonds. The van der Waals surface area contributed by atoms with E-state index in [4.69, 9.17) is 0 Å². The molecule has 3 rings (SSSR count). The predicted octanol–water partition coefficient (Wildman–Crippen LogP) is 4.49. The minimum atomic E-state index is 0.954. The lowest BCUT2D eigenvalue weighted by atomic mass is 10.1. The van der Waals surface area contributed by atoms with E-state index in [1.807, 2.05) is 84.9 Å². The fourth-order valence-corrected chi connectivity index (χ4v) is 2.02. The molecule has 0 unspecified atom stereocenters. The van der Waals surface area contributed by atoms with Crippen molar-refractivity contribution >= 4 is 0 Å². The monoisotopic (exact) mass is 278 g/mol. The SMILES string of the molecule is C(#Cc1ccccc1C#Cc1ccccc1)c1ccccc1. The Balaban J connectivity index is 1.92. The van der Waals surface area contributed by atoms with Crippen molar-refractivity contribution in [2.45, 2.75) is 0 Å². The second-order valence-electron chi connectivity index (χ2n) is 4.78. The molecular weight excluding hydrogens is 264 g/mol. The van der Waals surface area contributed by atoms with Crippen LogP contribution < -0.4 is 0 Å². The van der Waals surface area contributed by atoms with Crippen LogP contribution in [0, 0.1) is 23.7 Å². The number of rotatable bonds is 0. The summed E-state index contributed by atoms with van der Waals surface area (Å²) in [5.41, 5.74) is 3.92. The predicted molar refractivity (Wildman–Crippen MR) is 91.3 cm³/mol. The molecule has 22 heavy (non-hydrogen) atoms. The fourth-order valence-electron chi connectivity index (χ4n) is 2.02. The highest BCUT2D eigenvalue weighted by molar-refractivity contribution is 5.54. The fraction of sp³-hybridized carbons (Fsp3) is 0. The van der Waals surface area contributed by atoms with Crippen LogP contribution in [0.4, 0.5) is 0 Å². The van der Waals surface area contributed by atoms with Crippen molar-refractivity contribution in [3.8, 4) is 23.7 Å². The average Bonchev–Trinajstić information content (AvgIpc) is 2.61. The van der Waals surface area contributed by atoms with Crippen LogP contribution >= 0.6 is 0 Å². The first-order valence-electron chi connectivity index (χ1n) is 7.15. The third-order valence-corrected chi connectivity index (χ3v) is 3.16. The van der Waals surface area contributed by atoms with Gasteiger partial charge >= 0.3 is 0 Å². The summed E-state index contributed by atoms with van der Waals surface area (Å²) < 4.78 is 0. The molecule has 0 radical (unpaired) electrons. The van der Waals surface area contributed by atoms with Gasteiger partial charge in [-0.15, -0.1) is 0 Å². The van der Waals surface area contributed by atoms with Gasteiger partial charge in [0.1, 0.15) is 0 Å². The molecule has 0 atom stereocenters. The zero-order valence-electron chi connectivity index (χ0n) is 12.1. The Kier molecular flexibility index (Phi) is 4.36. The third kappa shape index (κ3) is 3.66. The van der Waals surface area contributed by atoms with Gasteiger partial charge in [-0.3, -0.25) is 0 Å². The summed E-state index contributed by atoms with van der Waals surface area (Å²) in [6.07, 6.45) is 0. The average molecular weight is 278 g/mol. The summed E-state index contributed by atoms with van der Waals surface area (Å²) >= 11 is 0. The molecular formula is C22H14. The quantitative estimate of drug-likeness (QED) is 0.532. The highest BCUT2D eigenvalue weighted by Gasteiger charge is 1.94. The van der Waals surface area contributed by atoms with Crippen LogP contribution in [0.1, 0.15) is 22.3 Å². The van der Waals surface area contributed by atoms with Crippen LogP contribution in [-0.4, -0.2) is 0 Å². The van der Waals surface area contributed by atoms with Gasteiger partial charge in [0.2, 0.25) is 0 Å². The Morgan fingerprint density at radius 1 is 0.364 bits per heavy atom. The van der Waals surface area contributed by atoms with Gasteiger partial charge in [0, 0.05) is 22.3 Å². The van der Waals surface area contributed by atoms with E-state index in [0.29, 0.717) is 0 Å². The molecule has 0 saturated carbocycles. The van der Waals surface area contributed by atoms with Gasteiger partial charge in [-0.05, 0) is 36.4 Å². The van der Waals surface area contributed by atoms with Crippen molar-refractivity contribution < 1.29 is 0 Å². The normalized spacial score (nSPS) is 9.09. The molecule has 0 heterocycles. The second kappa shape index (κ2) is 6.98. The standard InChI is InChI=1S/C22H14/c1-3-9-19(10-4-1)15-17-21-13-7-8-14-22(21)18-16-20-11-5-2-6-12-20/h1-14H. The number of hydrogen-bond acceptors (Lipinski definition) is 0. The lowest BCUT2D eigenvalue weighted by Gasteiger charge is -1.95. The van der Waals surface area contributed by atoms with Crippen LogP contribution in [0.15, 0.2) is 84.9 Å². The van der Waals surface area contributed by atoms with Crippen molar-refractivity contribution in [2.75, 3.05) is 0 Å². The maximum atomic E-state index is 3.21. The van der Waals surface area contributed by atoms with Gasteiger partial charge in [-0.1, -0.05) is 72.2 Å². The molecule has 0 N–H and O–H groups in total. The van der Waals surface area contributed by atoms with Crippen molar-refractivity contribution in [1.29, 1.82) is 0 Å². The Labute approximate surface area is 131 Å². The minimum Gasteiger partial charge on any atom is -0.0622 e. The molecule has 0 fully saturated rings. The Morgan fingerprint density at radius 3 is 1.14 bits per heavy atom. The molecule has 0 bridgehead atoms. The summed E-state index contributed by atoms with van der Waals surface area (Å²) in [6, 6.07) is 28.0. The zero-order valence-corrected chi connectivity index (χ0v) is 12.1. The van der Waals surface area contributed by atoms with E-state index in [1.165, 1.54) is 0 Å². The van der Waals surface area contributed by atoms with Gasteiger partial charge in [0.15, 0.2) is 0 Å². The molecule has 0 heteroatoms. The lowest BCUT2D eigenvalue weighted by Crippen LogP contribution is -1.83. The first-order valence-corrected chi connectivity index (χ1v) is 7.15. The van der Waals surface area contributed by atoms with Crippen LogP contribution in [-0.2, 0) is 0 Å². The van der Waals surface area contributed by atoms with E-state index < -0.39 is 0 Å². The molecule has 0 aliphatic rings. The summed E-state index contributed by atoms with van der Waals surface area (Å²) in [6.45, 7) is 0. The summed E-state index contributed by atoms with van der Waals surface area (Å²) in [7, 11) is 0. The second-order valence-corrected chi connectivity index (χ2v) is 4.78. The first kappa shape index (κ1) is 13.7. The Bertz CT molecular complexity index is 791. The van der Waals surface area contributed by atoms with Gasteiger partial charge < -0.3 is 0 Å². The lowest BCUT2D eigenvalue weighted by molar-refractivity contribution is 1.57. The van der Waals surface area contributed by atoms with Gasteiger partial charge in [0.05, 0.1) is 0 Å². The maximum absolute atomic E-state index is 3.21. The maximum Gasteiger partial charge on any atom is 0.0405 e. The molecule has 0 aromatic heterocycles. The number of benzene rings is 3. The molecule has 3 aromatic carbocycles. The van der Waals surface area contributed by atoms with Gasteiger partial charge in [0.25, 0.3) is 0 Å². The molecule has 3 aromatic rings. The van der Waals surface area contributed by atoms with Crippen molar-refractivity contribution in [3.05, 3.63) is 107 Å². The van der Waals surface area contributed by atoms with E-state index >= 15 is 0 Å². The minimum absolute atomic E-state index is 0.954. The Hall–Kier alpha value is -3.22. The van der Waals surface area contributed by atoms with Crippen LogP contribution in [0.3, 0.4) is 0 Å². The van der Waals surface area contributed by atoms with E-state index in [1.54, 1.807) is 0 Å². The first-order chi connectivity index (χ1) is 10.9. The largest absolute Gasteiger partial charge is 0.0622 e. The van der Waals surface area contributed by atoms with Crippen LogP contribution in [0.2, 0.25) is 0 Å². The van der Waals surface area contributed by atoms with E-state index in [0.717, 1.165) is 22.3 Å². The molecule has 0 spiro atoms. The summed E-state index contributed by atoms with van der Waals surface area (Å²) in [5, 5.41) is 0. The highest BCUT2D eigenvalue weighted by atomic mass is 14.0. The van der Waals surface area contributed by atoms with E-state index in [-0.39, 0.29) is 0 Å². The molecule has 102 valence electrons. The van der Waals surface area contributed by atoms with Crippen LogP contribution in [0.5, 0.6) is 0 Å². The zero-order chi connectivity index (χ0) is 15.0. The smallest absolute Gasteiger partial charge is 0.0405 e. The number of hydrogen-bond donors (Lipinski definition) is 0. The molecule has 0 saturated heterocycles. The molecule has 0 aliphatic carbocycles. The van der Waals surface area contributed by atoms with Gasteiger partial charge in [-0.2, -0.15) is 0 Å². The Morgan fingerprint density at radius 2 is 0.727 bits per heavy atom. The third-order valence-electron chi connectivity index (χ3n) is 3.16.